The van der Waals surface area contributed by atoms with E-state index in [0.717, 1.165) is 12.8 Å². The zero-order chi connectivity index (χ0) is 22.0. The molecule has 3 fully saturated rings. The van der Waals surface area contributed by atoms with Crippen LogP contribution in [0.2, 0.25) is 0 Å². The summed E-state index contributed by atoms with van der Waals surface area (Å²) in [5.41, 5.74) is 0.0369. The molecule has 1 unspecified atom stereocenters. The average molecular weight is 435 g/mol. The Hall–Kier alpha value is -2.71. The molecular weight excluding hydrogens is 408 g/mol. The summed E-state index contributed by atoms with van der Waals surface area (Å²) in [7, 11) is 0. The third kappa shape index (κ3) is 4.97. The van der Waals surface area contributed by atoms with E-state index in [2.05, 4.69) is 10.6 Å². The fraction of sp³-hybridized carbons (Fsp3) is 0.591. The Balaban J connectivity index is 1.29. The fourth-order valence-corrected chi connectivity index (χ4v) is 4.59. The standard InChI is InChI=1S/C22H27F2N3O4/c23-17-8-15(9-18(24)20(17)16-6-7-19(28)26-21(16)29)27-10-14(11-27)25-22(30)31-12-13-4-2-1-3-5-13/h8-9,13-14,16H,1-7,10-12H2,(H,25,30)(H,26,28,29). The van der Waals surface area contributed by atoms with Gasteiger partial charge in [-0.05, 0) is 37.3 Å². The number of piperidine rings is 1. The monoisotopic (exact) mass is 435 g/mol. The molecule has 3 amide bonds. The molecular formula is C22H27F2N3O4. The average Bonchev–Trinajstić information content (AvgIpc) is 2.70. The smallest absolute Gasteiger partial charge is 0.407 e. The topological polar surface area (TPSA) is 87.7 Å². The lowest BCUT2D eigenvalue weighted by atomic mass is 9.89. The number of hydrogen-bond donors (Lipinski definition) is 2. The molecule has 2 aliphatic heterocycles. The van der Waals surface area contributed by atoms with E-state index in [1.54, 1.807) is 4.90 Å². The summed E-state index contributed by atoms with van der Waals surface area (Å²) in [4.78, 5) is 37.0. The SMILES string of the molecule is O=C1CCC(c2c(F)cc(N3CC(NC(=O)OCC4CCCCC4)C3)cc2F)C(=O)N1. The normalized spacial score (nSPS) is 22.6. The molecule has 3 aliphatic rings. The van der Waals surface area contributed by atoms with E-state index in [0.29, 0.717) is 31.3 Å². The first-order valence-corrected chi connectivity index (χ1v) is 10.9. The summed E-state index contributed by atoms with van der Waals surface area (Å²) >= 11 is 0. The first-order chi connectivity index (χ1) is 14.9. The van der Waals surface area contributed by atoms with Gasteiger partial charge in [0.05, 0.1) is 18.6 Å². The Kier molecular flexibility index (Phi) is 6.38. The van der Waals surface area contributed by atoms with Crippen LogP contribution in [0, 0.1) is 17.6 Å². The molecule has 9 heteroatoms. The van der Waals surface area contributed by atoms with Crippen molar-refractivity contribution in [2.24, 2.45) is 5.92 Å². The van der Waals surface area contributed by atoms with Gasteiger partial charge in [0.1, 0.15) is 11.6 Å². The van der Waals surface area contributed by atoms with Crippen molar-refractivity contribution in [1.29, 1.82) is 0 Å². The first-order valence-electron chi connectivity index (χ1n) is 10.9. The second-order valence-electron chi connectivity index (χ2n) is 8.68. The van der Waals surface area contributed by atoms with Crippen LogP contribution in [-0.2, 0) is 14.3 Å². The molecule has 168 valence electrons. The number of anilines is 1. The quantitative estimate of drug-likeness (QED) is 0.695. The number of nitrogens with one attached hydrogen (secondary N) is 2. The number of hydrogen-bond acceptors (Lipinski definition) is 5. The van der Waals surface area contributed by atoms with Crippen LogP contribution in [0.15, 0.2) is 12.1 Å². The van der Waals surface area contributed by atoms with Gasteiger partial charge in [0.15, 0.2) is 0 Å². The van der Waals surface area contributed by atoms with Crippen molar-refractivity contribution in [3.8, 4) is 0 Å². The number of nitrogens with zero attached hydrogens (tertiary/aromatic N) is 1. The summed E-state index contributed by atoms with van der Waals surface area (Å²) in [6.45, 7) is 1.25. The largest absolute Gasteiger partial charge is 0.449 e. The third-order valence-electron chi connectivity index (χ3n) is 6.40. The van der Waals surface area contributed by atoms with Crippen molar-refractivity contribution in [3.63, 3.8) is 0 Å². The number of halogens is 2. The lowest BCUT2D eigenvalue weighted by Crippen LogP contribution is -2.59. The number of amides is 3. The molecule has 0 aromatic heterocycles. The summed E-state index contributed by atoms with van der Waals surface area (Å²) < 4.78 is 34.6. The second-order valence-corrected chi connectivity index (χ2v) is 8.68. The van der Waals surface area contributed by atoms with E-state index in [1.165, 1.54) is 31.4 Å². The summed E-state index contributed by atoms with van der Waals surface area (Å²) in [5.74, 6) is -3.32. The Labute approximate surface area is 179 Å². The van der Waals surface area contributed by atoms with Gasteiger partial charge in [-0.2, -0.15) is 0 Å². The van der Waals surface area contributed by atoms with Gasteiger partial charge in [-0.25, -0.2) is 13.6 Å². The molecule has 0 radical (unpaired) electrons. The van der Waals surface area contributed by atoms with E-state index in [1.807, 2.05) is 0 Å². The minimum atomic E-state index is -1.02. The summed E-state index contributed by atoms with van der Waals surface area (Å²) in [5, 5.41) is 4.91. The van der Waals surface area contributed by atoms with Gasteiger partial charge < -0.3 is 15.0 Å². The zero-order valence-corrected chi connectivity index (χ0v) is 17.3. The van der Waals surface area contributed by atoms with Gasteiger partial charge in [-0.3, -0.25) is 14.9 Å². The molecule has 1 aliphatic carbocycles. The number of ether oxygens (including phenoxy) is 1. The van der Waals surface area contributed by atoms with E-state index >= 15 is 0 Å². The lowest BCUT2D eigenvalue weighted by Gasteiger charge is -2.41. The van der Waals surface area contributed by atoms with Crippen LogP contribution in [0.25, 0.3) is 0 Å². The maximum Gasteiger partial charge on any atom is 0.407 e. The van der Waals surface area contributed by atoms with Crippen LogP contribution in [0.3, 0.4) is 0 Å². The highest BCUT2D eigenvalue weighted by molar-refractivity contribution is 6.01. The summed E-state index contributed by atoms with van der Waals surface area (Å²) in [6, 6.07) is 2.24. The van der Waals surface area contributed by atoms with Gasteiger partial charge in [0.25, 0.3) is 0 Å². The van der Waals surface area contributed by atoms with Gasteiger partial charge in [-0.15, -0.1) is 0 Å². The Morgan fingerprint density at radius 3 is 2.42 bits per heavy atom. The Bertz CT molecular complexity index is 843. The van der Waals surface area contributed by atoms with Crippen LogP contribution in [0.4, 0.5) is 19.3 Å². The van der Waals surface area contributed by atoms with Crippen LogP contribution in [-0.4, -0.2) is 43.6 Å². The molecule has 2 heterocycles. The molecule has 2 N–H and O–H groups in total. The zero-order valence-electron chi connectivity index (χ0n) is 17.3. The van der Waals surface area contributed by atoms with Crippen LogP contribution < -0.4 is 15.5 Å². The highest BCUT2D eigenvalue weighted by Crippen LogP contribution is 2.33. The predicted octanol–water partition coefficient (Wildman–Crippen LogP) is 2.98. The highest BCUT2D eigenvalue weighted by atomic mass is 19.1. The maximum atomic E-state index is 14.6. The van der Waals surface area contributed by atoms with E-state index in [4.69, 9.17) is 4.74 Å². The molecule has 0 bridgehead atoms. The molecule has 1 saturated carbocycles. The Morgan fingerprint density at radius 2 is 1.77 bits per heavy atom. The number of carbonyl (C=O) groups excluding carboxylic acids is 3. The molecule has 1 aromatic carbocycles. The molecule has 1 atom stereocenters. The minimum absolute atomic E-state index is 0.0490. The van der Waals surface area contributed by atoms with Crippen LogP contribution in [0.5, 0.6) is 0 Å². The summed E-state index contributed by atoms with van der Waals surface area (Å²) in [6.07, 6.45) is 5.47. The minimum Gasteiger partial charge on any atom is -0.449 e. The third-order valence-corrected chi connectivity index (χ3v) is 6.40. The number of alkyl carbamates (subject to hydrolysis) is 1. The van der Waals surface area contributed by atoms with Crippen molar-refractivity contribution in [1.82, 2.24) is 10.6 Å². The first kappa shape index (κ1) is 21.5. The van der Waals surface area contributed by atoms with Crippen LogP contribution >= 0.6 is 0 Å². The van der Waals surface area contributed by atoms with Gasteiger partial charge in [0, 0.05) is 30.8 Å². The molecule has 31 heavy (non-hydrogen) atoms. The molecule has 7 nitrogen and oxygen atoms in total. The van der Waals surface area contributed by atoms with E-state index < -0.39 is 35.5 Å². The number of carbonyl (C=O) groups is 3. The van der Waals surface area contributed by atoms with Crippen LogP contribution in [0.1, 0.15) is 56.4 Å². The lowest BCUT2D eigenvalue weighted by molar-refractivity contribution is -0.134. The number of rotatable bonds is 5. The second kappa shape index (κ2) is 9.20. The molecule has 4 rings (SSSR count). The van der Waals surface area contributed by atoms with E-state index in [9.17, 15) is 23.2 Å². The fourth-order valence-electron chi connectivity index (χ4n) is 4.59. The van der Waals surface area contributed by atoms with Crippen molar-refractivity contribution >= 4 is 23.6 Å². The van der Waals surface area contributed by atoms with Crippen molar-refractivity contribution in [2.75, 3.05) is 24.6 Å². The van der Waals surface area contributed by atoms with Gasteiger partial charge in [0.2, 0.25) is 11.8 Å². The van der Waals surface area contributed by atoms with Crippen molar-refractivity contribution in [3.05, 3.63) is 29.3 Å². The maximum absolute atomic E-state index is 14.6. The number of imide groups is 1. The molecule has 1 aromatic rings. The number of benzene rings is 1. The molecule has 2 saturated heterocycles. The molecule has 0 spiro atoms. The predicted molar refractivity (Wildman–Crippen MR) is 109 cm³/mol. The van der Waals surface area contributed by atoms with Crippen molar-refractivity contribution < 1.29 is 27.9 Å². The van der Waals surface area contributed by atoms with Crippen molar-refractivity contribution in [2.45, 2.75) is 56.9 Å². The highest BCUT2D eigenvalue weighted by Gasteiger charge is 2.34. The Morgan fingerprint density at radius 1 is 1.10 bits per heavy atom. The van der Waals surface area contributed by atoms with Gasteiger partial charge >= 0.3 is 6.09 Å². The van der Waals surface area contributed by atoms with Gasteiger partial charge in [-0.1, -0.05) is 19.3 Å². The van der Waals surface area contributed by atoms with E-state index in [-0.39, 0.29) is 24.4 Å².